The SMILES string of the molecule is CCCC=Cc1ccc(-c2c(C)c(C(=O)NN3CCCCC3)nn2-c2ccc(Cl)cc2Cl)s1. The lowest BCUT2D eigenvalue weighted by Gasteiger charge is -2.26. The Bertz CT molecular complexity index is 1160. The van der Waals surface area contributed by atoms with E-state index in [0.29, 0.717) is 21.4 Å². The van der Waals surface area contributed by atoms with Crippen molar-refractivity contribution in [2.24, 2.45) is 0 Å². The van der Waals surface area contributed by atoms with Gasteiger partial charge < -0.3 is 0 Å². The molecule has 0 aliphatic carbocycles. The largest absolute Gasteiger partial charge is 0.286 e. The number of hydrazine groups is 1. The van der Waals surface area contributed by atoms with Crippen LogP contribution >= 0.6 is 34.5 Å². The first-order valence-corrected chi connectivity index (χ1v) is 12.9. The van der Waals surface area contributed by atoms with E-state index >= 15 is 0 Å². The lowest BCUT2D eigenvalue weighted by molar-refractivity contribution is 0.0743. The summed E-state index contributed by atoms with van der Waals surface area (Å²) in [6.07, 6.45) is 9.87. The topological polar surface area (TPSA) is 50.2 Å². The molecule has 1 amide bonds. The van der Waals surface area contributed by atoms with E-state index in [9.17, 15) is 4.79 Å². The molecule has 0 atom stereocenters. The van der Waals surface area contributed by atoms with Crippen molar-refractivity contribution in [3.05, 3.63) is 62.6 Å². The summed E-state index contributed by atoms with van der Waals surface area (Å²) < 4.78 is 1.77. The minimum Gasteiger partial charge on any atom is -0.283 e. The number of thiophene rings is 1. The molecule has 2 aromatic heterocycles. The molecule has 0 radical (unpaired) electrons. The van der Waals surface area contributed by atoms with E-state index in [0.717, 1.165) is 59.8 Å². The minimum atomic E-state index is -0.195. The summed E-state index contributed by atoms with van der Waals surface area (Å²) >= 11 is 14.3. The van der Waals surface area contributed by atoms with Crippen LogP contribution in [0.15, 0.2) is 36.4 Å². The normalized spacial score (nSPS) is 14.8. The van der Waals surface area contributed by atoms with Gasteiger partial charge in [-0.2, -0.15) is 5.10 Å². The number of carbonyl (C=O) groups is 1. The molecular weight excluding hydrogens is 475 g/mol. The lowest BCUT2D eigenvalue weighted by Crippen LogP contribution is -2.45. The van der Waals surface area contributed by atoms with E-state index in [4.69, 9.17) is 28.3 Å². The number of nitrogens with one attached hydrogen (secondary N) is 1. The predicted octanol–water partition coefficient (Wildman–Crippen LogP) is 7.16. The maximum Gasteiger partial charge on any atom is 0.286 e. The highest BCUT2D eigenvalue weighted by molar-refractivity contribution is 7.16. The quantitative estimate of drug-likeness (QED) is 0.372. The number of benzene rings is 1. The van der Waals surface area contributed by atoms with Crippen molar-refractivity contribution in [1.29, 1.82) is 0 Å². The number of rotatable bonds is 7. The lowest BCUT2D eigenvalue weighted by atomic mass is 10.1. The van der Waals surface area contributed by atoms with Crippen molar-refractivity contribution >= 4 is 46.5 Å². The number of allylic oxidation sites excluding steroid dienone is 1. The smallest absolute Gasteiger partial charge is 0.283 e. The predicted molar refractivity (Wildman–Crippen MR) is 138 cm³/mol. The van der Waals surface area contributed by atoms with Gasteiger partial charge in [0.05, 0.1) is 21.3 Å². The molecule has 3 aromatic rings. The Labute approximate surface area is 209 Å². The first-order valence-electron chi connectivity index (χ1n) is 11.4. The van der Waals surface area contributed by atoms with Crippen LogP contribution in [0.25, 0.3) is 22.3 Å². The Morgan fingerprint density at radius 2 is 1.97 bits per heavy atom. The fourth-order valence-electron chi connectivity index (χ4n) is 3.97. The van der Waals surface area contributed by atoms with Gasteiger partial charge in [0, 0.05) is 28.6 Å². The Morgan fingerprint density at radius 3 is 2.70 bits per heavy atom. The summed E-state index contributed by atoms with van der Waals surface area (Å²) in [6, 6.07) is 9.49. The van der Waals surface area contributed by atoms with Crippen LogP contribution < -0.4 is 5.43 Å². The van der Waals surface area contributed by atoms with Crippen LogP contribution in [0.5, 0.6) is 0 Å². The molecule has 1 aliphatic rings. The third-order valence-electron chi connectivity index (χ3n) is 5.69. The summed E-state index contributed by atoms with van der Waals surface area (Å²) in [5.41, 5.74) is 5.81. The maximum absolute atomic E-state index is 13.2. The fourth-order valence-corrected chi connectivity index (χ4v) is 5.48. The van der Waals surface area contributed by atoms with Crippen LogP contribution in [0.2, 0.25) is 10.0 Å². The van der Waals surface area contributed by atoms with Gasteiger partial charge in [0.25, 0.3) is 5.91 Å². The van der Waals surface area contributed by atoms with Crippen LogP contribution in [-0.2, 0) is 0 Å². The molecule has 0 saturated carbocycles. The van der Waals surface area contributed by atoms with E-state index < -0.39 is 0 Å². The van der Waals surface area contributed by atoms with E-state index in [-0.39, 0.29) is 5.91 Å². The van der Waals surface area contributed by atoms with Gasteiger partial charge in [-0.05, 0) is 62.6 Å². The third-order valence-corrected chi connectivity index (χ3v) is 7.28. The van der Waals surface area contributed by atoms with Crippen molar-refractivity contribution in [3.63, 3.8) is 0 Å². The molecule has 3 heterocycles. The first-order chi connectivity index (χ1) is 16.0. The van der Waals surface area contributed by atoms with Crippen LogP contribution in [0.3, 0.4) is 0 Å². The summed E-state index contributed by atoms with van der Waals surface area (Å²) in [4.78, 5) is 15.4. The third kappa shape index (κ3) is 5.52. The van der Waals surface area contributed by atoms with Gasteiger partial charge in [-0.3, -0.25) is 10.2 Å². The number of hydrogen-bond donors (Lipinski definition) is 1. The Morgan fingerprint density at radius 1 is 1.18 bits per heavy atom. The van der Waals surface area contributed by atoms with Crippen LogP contribution in [0, 0.1) is 6.92 Å². The van der Waals surface area contributed by atoms with Gasteiger partial charge in [-0.25, -0.2) is 9.69 Å². The molecule has 8 heteroatoms. The average molecular weight is 503 g/mol. The minimum absolute atomic E-state index is 0.195. The van der Waals surface area contributed by atoms with E-state index in [1.165, 1.54) is 6.42 Å². The van der Waals surface area contributed by atoms with Crippen LogP contribution in [-0.4, -0.2) is 33.8 Å². The van der Waals surface area contributed by atoms with Crippen molar-refractivity contribution in [2.75, 3.05) is 13.1 Å². The molecule has 1 aromatic carbocycles. The van der Waals surface area contributed by atoms with Gasteiger partial charge >= 0.3 is 0 Å². The summed E-state index contributed by atoms with van der Waals surface area (Å²) in [5, 5.41) is 7.76. The van der Waals surface area contributed by atoms with E-state index in [1.807, 2.05) is 18.0 Å². The highest BCUT2D eigenvalue weighted by atomic mass is 35.5. The number of amides is 1. The summed E-state index contributed by atoms with van der Waals surface area (Å²) in [7, 11) is 0. The molecule has 1 N–H and O–H groups in total. The van der Waals surface area contributed by atoms with Gasteiger partial charge in [0.15, 0.2) is 5.69 Å². The van der Waals surface area contributed by atoms with Crippen LogP contribution in [0.4, 0.5) is 0 Å². The molecule has 0 unspecified atom stereocenters. The molecule has 0 spiro atoms. The second-order valence-electron chi connectivity index (χ2n) is 8.21. The summed E-state index contributed by atoms with van der Waals surface area (Å²) in [6.45, 7) is 5.83. The highest BCUT2D eigenvalue weighted by Crippen LogP contribution is 2.36. The number of aromatic nitrogens is 2. The molecule has 174 valence electrons. The highest BCUT2D eigenvalue weighted by Gasteiger charge is 2.25. The molecule has 1 aliphatic heterocycles. The second-order valence-corrected chi connectivity index (χ2v) is 10.2. The maximum atomic E-state index is 13.2. The molecular formula is C25H28Cl2N4OS. The zero-order chi connectivity index (χ0) is 23.4. The monoisotopic (exact) mass is 502 g/mol. The molecule has 1 fully saturated rings. The standard InChI is InChI=1S/C25H28Cl2N4OS/c1-3-4-6-9-19-11-13-22(33-19)24-17(2)23(25(32)29-30-14-7-5-8-15-30)28-31(24)21-12-10-18(26)16-20(21)27/h6,9-13,16H,3-5,7-8,14-15H2,1-2H3,(H,29,32). The van der Waals surface area contributed by atoms with Crippen molar-refractivity contribution < 1.29 is 4.79 Å². The van der Waals surface area contributed by atoms with Gasteiger partial charge in [-0.15, -0.1) is 11.3 Å². The van der Waals surface area contributed by atoms with Crippen molar-refractivity contribution in [1.82, 2.24) is 20.2 Å². The van der Waals surface area contributed by atoms with Crippen molar-refractivity contribution in [3.8, 4) is 16.3 Å². The molecule has 5 nitrogen and oxygen atoms in total. The van der Waals surface area contributed by atoms with Crippen molar-refractivity contribution in [2.45, 2.75) is 46.0 Å². The zero-order valence-corrected chi connectivity index (χ0v) is 21.2. The number of piperidine rings is 1. The molecule has 1 saturated heterocycles. The average Bonchev–Trinajstić information content (AvgIpc) is 3.39. The first kappa shape index (κ1) is 24.0. The number of unbranched alkanes of at least 4 members (excludes halogenated alkanes) is 1. The van der Waals surface area contributed by atoms with Gasteiger partial charge in [-0.1, -0.05) is 49.0 Å². The second kappa shape index (κ2) is 10.9. The van der Waals surface area contributed by atoms with Crippen LogP contribution in [0.1, 0.15) is 60.0 Å². The molecule has 33 heavy (non-hydrogen) atoms. The van der Waals surface area contributed by atoms with E-state index in [1.54, 1.807) is 28.2 Å². The number of nitrogens with zero attached hydrogens (tertiary/aromatic N) is 3. The fraction of sp³-hybridized carbons (Fsp3) is 0.360. The number of halogens is 2. The zero-order valence-electron chi connectivity index (χ0n) is 18.9. The Hall–Kier alpha value is -2.12. The number of carbonyl (C=O) groups excluding carboxylic acids is 1. The Kier molecular flexibility index (Phi) is 7.91. The molecule has 0 bridgehead atoms. The summed E-state index contributed by atoms with van der Waals surface area (Å²) in [5.74, 6) is -0.195. The van der Waals surface area contributed by atoms with Gasteiger partial charge in [0.1, 0.15) is 0 Å². The van der Waals surface area contributed by atoms with Gasteiger partial charge in [0.2, 0.25) is 0 Å². The Balaban J connectivity index is 1.75. The van der Waals surface area contributed by atoms with E-state index in [2.05, 4.69) is 36.6 Å². The number of hydrogen-bond acceptors (Lipinski definition) is 4. The molecule has 4 rings (SSSR count).